The maximum Gasteiger partial charge on any atom is 0.198 e. The zero-order valence-electron chi connectivity index (χ0n) is 13.3. The molecule has 1 heterocycles. The molecule has 0 spiro atoms. The van der Waals surface area contributed by atoms with Gasteiger partial charge in [0.25, 0.3) is 0 Å². The Labute approximate surface area is 147 Å². The molecule has 0 saturated carbocycles. The maximum atomic E-state index is 12.6. The van der Waals surface area contributed by atoms with E-state index in [0.717, 1.165) is 0 Å². The lowest BCUT2D eigenvalue weighted by Crippen LogP contribution is -2.44. The number of hydrogen-bond donors (Lipinski definition) is 3. The third kappa shape index (κ3) is 1.35. The fourth-order valence-electron chi connectivity index (χ4n) is 4.90. The van der Waals surface area contributed by atoms with Gasteiger partial charge in [-0.2, -0.15) is 0 Å². The van der Waals surface area contributed by atoms with Gasteiger partial charge in [-0.3, -0.25) is 9.59 Å². The summed E-state index contributed by atoms with van der Waals surface area (Å²) in [5.41, 5.74) is 0.744. The summed E-state index contributed by atoms with van der Waals surface area (Å²) < 4.78 is 5.55. The largest absolute Gasteiger partial charge is 0.507 e. The highest BCUT2D eigenvalue weighted by Crippen LogP contribution is 2.62. The molecule has 0 radical (unpaired) electrons. The number of ether oxygens (including phenoxy) is 1. The zero-order valence-corrected chi connectivity index (χ0v) is 13.3. The molecule has 3 N–H and O–H groups in total. The van der Waals surface area contributed by atoms with Gasteiger partial charge in [0.1, 0.15) is 29.3 Å². The van der Waals surface area contributed by atoms with Gasteiger partial charge in [-0.1, -0.05) is 12.1 Å². The molecule has 0 amide bonds. The van der Waals surface area contributed by atoms with E-state index in [2.05, 4.69) is 0 Å². The number of phenolic OH excluding ortho intramolecular Hbond substituents is 2. The first kappa shape index (κ1) is 14.2. The Bertz CT molecular complexity index is 1110. The number of hydrogen-bond acceptors (Lipinski definition) is 6. The van der Waals surface area contributed by atoms with Crippen molar-refractivity contribution in [3.05, 3.63) is 58.7 Å². The van der Waals surface area contributed by atoms with E-state index in [-0.39, 0.29) is 34.2 Å². The summed E-state index contributed by atoms with van der Waals surface area (Å²) in [5, 5.41) is 32.2. The van der Waals surface area contributed by atoms with Crippen LogP contribution >= 0.6 is 0 Å². The van der Waals surface area contributed by atoms with E-state index in [4.69, 9.17) is 4.74 Å². The lowest BCUT2D eigenvalue weighted by Gasteiger charge is -2.44. The Kier molecular flexibility index (Phi) is 2.22. The van der Waals surface area contributed by atoms with Crippen molar-refractivity contribution in [2.75, 3.05) is 0 Å². The van der Waals surface area contributed by atoms with Gasteiger partial charge >= 0.3 is 0 Å². The average Bonchev–Trinajstić information content (AvgIpc) is 3.40. The number of aromatic hydroxyl groups is 2. The Morgan fingerprint density at radius 2 is 1.65 bits per heavy atom. The van der Waals surface area contributed by atoms with E-state index >= 15 is 0 Å². The number of rotatable bonds is 0. The molecular weight excluding hydrogens is 336 g/mol. The Morgan fingerprint density at radius 3 is 2.42 bits per heavy atom. The summed E-state index contributed by atoms with van der Waals surface area (Å²) in [6.07, 6.45) is 1.43. The molecule has 6 heteroatoms. The third-order valence-electron chi connectivity index (χ3n) is 5.98. The van der Waals surface area contributed by atoms with Gasteiger partial charge in [-0.05, 0) is 41.0 Å². The molecule has 6 rings (SSSR count). The first-order valence-corrected chi connectivity index (χ1v) is 8.32. The number of allylic oxidation sites excluding steroid dienone is 1. The fraction of sp³-hybridized carbons (Fsp3) is 0.200. The van der Waals surface area contributed by atoms with Crippen LogP contribution in [0, 0.1) is 0 Å². The molecule has 1 fully saturated rings. The summed E-state index contributed by atoms with van der Waals surface area (Å²) in [6.45, 7) is 0. The SMILES string of the molecule is O=C1C=CC2(O)c3c(ccc(O)c31)-c1ccc(O)c3c1C2C1OC1C3=O. The zero-order chi connectivity index (χ0) is 18.0. The minimum absolute atomic E-state index is 0.0712. The molecule has 2 aromatic carbocycles. The molecule has 3 aliphatic carbocycles. The molecule has 1 saturated heterocycles. The van der Waals surface area contributed by atoms with Crippen molar-refractivity contribution in [3.63, 3.8) is 0 Å². The van der Waals surface area contributed by atoms with E-state index in [1.807, 2.05) is 0 Å². The highest BCUT2D eigenvalue weighted by Gasteiger charge is 2.64. The van der Waals surface area contributed by atoms with Crippen molar-refractivity contribution in [1.29, 1.82) is 0 Å². The van der Waals surface area contributed by atoms with Gasteiger partial charge < -0.3 is 20.1 Å². The van der Waals surface area contributed by atoms with E-state index < -0.39 is 23.7 Å². The number of carbonyl (C=O) groups excluding carboxylic acids is 2. The number of carbonyl (C=O) groups is 2. The van der Waals surface area contributed by atoms with Crippen LogP contribution in [-0.2, 0) is 10.3 Å². The summed E-state index contributed by atoms with van der Waals surface area (Å²) >= 11 is 0. The van der Waals surface area contributed by atoms with Crippen LogP contribution in [0.15, 0.2) is 36.4 Å². The monoisotopic (exact) mass is 348 g/mol. The third-order valence-corrected chi connectivity index (χ3v) is 5.98. The molecule has 1 aliphatic heterocycles. The lowest BCUT2D eigenvalue weighted by molar-refractivity contribution is 0.0406. The van der Waals surface area contributed by atoms with Crippen LogP contribution in [0.5, 0.6) is 11.5 Å². The van der Waals surface area contributed by atoms with Crippen molar-refractivity contribution < 1.29 is 29.6 Å². The van der Waals surface area contributed by atoms with Crippen molar-refractivity contribution in [2.45, 2.75) is 23.7 Å². The summed E-state index contributed by atoms with van der Waals surface area (Å²) in [5.74, 6) is -1.65. The second-order valence-electron chi connectivity index (χ2n) is 7.19. The van der Waals surface area contributed by atoms with Crippen LogP contribution < -0.4 is 0 Å². The number of benzene rings is 2. The molecular formula is C20H12O6. The second kappa shape index (κ2) is 4.06. The molecule has 4 aliphatic rings. The van der Waals surface area contributed by atoms with Crippen LogP contribution in [0.1, 0.15) is 37.8 Å². The number of aliphatic hydroxyl groups is 1. The molecule has 2 aromatic rings. The van der Waals surface area contributed by atoms with E-state index in [9.17, 15) is 24.9 Å². The lowest BCUT2D eigenvalue weighted by atomic mass is 9.60. The van der Waals surface area contributed by atoms with E-state index in [1.54, 1.807) is 12.1 Å². The minimum Gasteiger partial charge on any atom is -0.507 e. The average molecular weight is 348 g/mol. The first-order chi connectivity index (χ1) is 12.4. The molecule has 0 aromatic heterocycles. The highest BCUT2D eigenvalue weighted by molar-refractivity contribution is 6.13. The van der Waals surface area contributed by atoms with Gasteiger partial charge in [-0.15, -0.1) is 0 Å². The second-order valence-corrected chi connectivity index (χ2v) is 7.19. The fourth-order valence-corrected chi connectivity index (χ4v) is 4.90. The molecule has 26 heavy (non-hydrogen) atoms. The van der Waals surface area contributed by atoms with Gasteiger partial charge in [0, 0.05) is 5.56 Å². The number of ketones is 2. The molecule has 4 atom stereocenters. The normalized spacial score (nSPS) is 32.0. The predicted molar refractivity (Wildman–Crippen MR) is 88.3 cm³/mol. The Balaban J connectivity index is 1.82. The number of phenols is 2. The number of fused-ring (bicyclic) bond motifs is 4. The topological polar surface area (TPSA) is 107 Å². The van der Waals surface area contributed by atoms with Crippen molar-refractivity contribution in [1.82, 2.24) is 0 Å². The first-order valence-electron chi connectivity index (χ1n) is 8.32. The summed E-state index contributed by atoms with van der Waals surface area (Å²) in [6, 6.07) is 6.15. The van der Waals surface area contributed by atoms with Crippen molar-refractivity contribution in [2.24, 2.45) is 0 Å². The Hall–Kier alpha value is -2.96. The molecule has 0 bridgehead atoms. The van der Waals surface area contributed by atoms with Crippen LogP contribution in [0.2, 0.25) is 0 Å². The van der Waals surface area contributed by atoms with Gasteiger partial charge in [0.2, 0.25) is 0 Å². The van der Waals surface area contributed by atoms with Gasteiger partial charge in [0.05, 0.1) is 17.0 Å². The quantitative estimate of drug-likeness (QED) is 0.626. The molecule has 6 nitrogen and oxygen atoms in total. The van der Waals surface area contributed by atoms with E-state index in [0.29, 0.717) is 22.3 Å². The summed E-state index contributed by atoms with van der Waals surface area (Å²) in [4.78, 5) is 25.0. The Morgan fingerprint density at radius 1 is 0.962 bits per heavy atom. The standard InChI is InChI=1S/C20H12O6/c21-9-4-2-8-7-1-3-10(22)14-12(7)16(18-19(26-18)17(14)24)20(25)6-5-11(23)13(9)15(8)20/h1-6,16,18-19,21-22,25H. The highest BCUT2D eigenvalue weighted by atomic mass is 16.6. The van der Waals surface area contributed by atoms with E-state index in [1.165, 1.54) is 24.3 Å². The van der Waals surface area contributed by atoms with Crippen LogP contribution in [0.4, 0.5) is 0 Å². The summed E-state index contributed by atoms with van der Waals surface area (Å²) in [7, 11) is 0. The van der Waals surface area contributed by atoms with Crippen molar-refractivity contribution in [3.8, 4) is 22.6 Å². The van der Waals surface area contributed by atoms with Crippen LogP contribution in [0.25, 0.3) is 11.1 Å². The molecule has 128 valence electrons. The number of Topliss-reactive ketones (excluding diaryl/α,β-unsaturated/α-hetero) is 1. The predicted octanol–water partition coefficient (Wildman–Crippen LogP) is 1.77. The minimum atomic E-state index is -1.60. The maximum absolute atomic E-state index is 12.6. The smallest absolute Gasteiger partial charge is 0.198 e. The molecule has 4 unspecified atom stereocenters. The van der Waals surface area contributed by atoms with Crippen LogP contribution in [-0.4, -0.2) is 39.1 Å². The number of epoxide rings is 1. The van der Waals surface area contributed by atoms with Crippen molar-refractivity contribution >= 4 is 11.6 Å². The van der Waals surface area contributed by atoms with Gasteiger partial charge in [-0.25, -0.2) is 0 Å². The van der Waals surface area contributed by atoms with Crippen LogP contribution in [0.3, 0.4) is 0 Å². The van der Waals surface area contributed by atoms with Gasteiger partial charge in [0.15, 0.2) is 11.6 Å².